The Hall–Kier alpha value is -4.46. The zero-order valence-electron chi connectivity index (χ0n) is 23.9. The van der Waals surface area contributed by atoms with Crippen LogP contribution in [0.4, 0.5) is 5.95 Å². The number of allylic oxidation sites excluding steroid dienone is 2. The van der Waals surface area contributed by atoms with Crippen molar-refractivity contribution in [1.82, 2.24) is 29.1 Å². The van der Waals surface area contributed by atoms with Crippen LogP contribution in [0.2, 0.25) is 0 Å². The van der Waals surface area contributed by atoms with Crippen molar-refractivity contribution < 1.29 is 23.9 Å². The van der Waals surface area contributed by atoms with Crippen LogP contribution in [0.1, 0.15) is 56.6 Å². The van der Waals surface area contributed by atoms with Crippen LogP contribution < -0.4 is 15.8 Å². The maximum Gasteiger partial charge on any atom is 0.356 e. The molecule has 0 radical (unpaired) electrons. The van der Waals surface area contributed by atoms with Crippen molar-refractivity contribution in [2.24, 2.45) is 5.73 Å². The number of nitrogens with two attached hydrogens (primary N) is 1. The molecule has 3 N–H and O–H groups in total. The standard InChI is InChI=1S/C28H33BrN8O5/c1-5-36-21(13-17(3)33-36)26(39)32-28-31-20-15-19(25(30)38)16-23(24(20)35(28)10-8-7-9-29)41-11-12-42-27(40)22-14-18(4)34-37(22)6-2/h7-8,13-16H,5-6,9-12H2,1-4H3,(H2,30,38)(H,31,32,39). The average molecular weight is 642 g/mol. The summed E-state index contributed by atoms with van der Waals surface area (Å²) in [7, 11) is 0. The molecule has 4 aromatic rings. The first-order valence-corrected chi connectivity index (χ1v) is 14.5. The Kier molecular flexibility index (Phi) is 9.78. The lowest BCUT2D eigenvalue weighted by atomic mass is 10.1. The van der Waals surface area contributed by atoms with Gasteiger partial charge in [-0.15, -0.1) is 0 Å². The number of halogens is 1. The second-order valence-corrected chi connectivity index (χ2v) is 9.94. The number of fused-ring (bicyclic) bond motifs is 1. The Bertz CT molecular complexity index is 1650. The summed E-state index contributed by atoms with van der Waals surface area (Å²) >= 11 is 3.38. The Morgan fingerprint density at radius 1 is 0.976 bits per heavy atom. The van der Waals surface area contributed by atoms with Gasteiger partial charge in [-0.1, -0.05) is 28.1 Å². The maximum absolute atomic E-state index is 13.3. The number of primary amides is 1. The zero-order valence-corrected chi connectivity index (χ0v) is 25.5. The van der Waals surface area contributed by atoms with Gasteiger partial charge in [-0.3, -0.25) is 24.3 Å². The molecule has 222 valence electrons. The summed E-state index contributed by atoms with van der Waals surface area (Å²) in [5.41, 5.74) is 8.86. The van der Waals surface area contributed by atoms with Crippen LogP contribution in [0.3, 0.4) is 0 Å². The molecule has 14 heteroatoms. The van der Waals surface area contributed by atoms with Gasteiger partial charge in [-0.05, 0) is 52.0 Å². The van der Waals surface area contributed by atoms with E-state index < -0.39 is 11.9 Å². The number of nitrogens with zero attached hydrogens (tertiary/aromatic N) is 6. The largest absolute Gasteiger partial charge is 0.488 e. The molecule has 0 saturated heterocycles. The summed E-state index contributed by atoms with van der Waals surface area (Å²) in [5.74, 6) is -1.03. The number of alkyl halides is 1. The zero-order chi connectivity index (χ0) is 30.4. The molecule has 13 nitrogen and oxygen atoms in total. The number of hydrogen-bond acceptors (Lipinski definition) is 8. The van der Waals surface area contributed by atoms with Gasteiger partial charge in [0.1, 0.15) is 35.9 Å². The lowest BCUT2D eigenvalue weighted by Crippen LogP contribution is -2.20. The number of imidazole rings is 1. The normalized spacial score (nSPS) is 11.4. The number of benzene rings is 1. The first-order chi connectivity index (χ1) is 20.2. The number of carbonyl (C=O) groups is 3. The van der Waals surface area contributed by atoms with E-state index in [1.165, 1.54) is 6.07 Å². The number of ether oxygens (including phenoxy) is 2. The highest BCUT2D eigenvalue weighted by Crippen LogP contribution is 2.31. The highest BCUT2D eigenvalue weighted by Gasteiger charge is 2.22. The first-order valence-electron chi connectivity index (χ1n) is 13.4. The van der Waals surface area contributed by atoms with E-state index in [1.807, 2.05) is 32.9 Å². The van der Waals surface area contributed by atoms with E-state index in [0.717, 1.165) is 0 Å². The van der Waals surface area contributed by atoms with Crippen molar-refractivity contribution in [1.29, 1.82) is 0 Å². The fraction of sp³-hybridized carbons (Fsp3) is 0.357. The van der Waals surface area contributed by atoms with Gasteiger partial charge in [0.15, 0.2) is 0 Å². The second kappa shape index (κ2) is 13.5. The third kappa shape index (κ3) is 6.70. The number of aromatic nitrogens is 6. The van der Waals surface area contributed by atoms with Crippen molar-refractivity contribution in [2.45, 2.75) is 47.3 Å². The van der Waals surface area contributed by atoms with Crippen LogP contribution in [-0.4, -0.2) is 65.4 Å². The van der Waals surface area contributed by atoms with E-state index in [-0.39, 0.29) is 30.6 Å². The van der Waals surface area contributed by atoms with Crippen LogP contribution in [0.15, 0.2) is 36.4 Å². The van der Waals surface area contributed by atoms with E-state index in [1.54, 1.807) is 39.1 Å². The summed E-state index contributed by atoms with van der Waals surface area (Å²) in [6.07, 6.45) is 3.81. The van der Waals surface area contributed by atoms with Crippen molar-refractivity contribution in [2.75, 3.05) is 23.9 Å². The van der Waals surface area contributed by atoms with Gasteiger partial charge in [0.2, 0.25) is 11.9 Å². The molecule has 0 fully saturated rings. The minimum Gasteiger partial charge on any atom is -0.488 e. The molecular formula is C28H33BrN8O5. The number of esters is 1. The molecule has 2 amide bonds. The highest BCUT2D eigenvalue weighted by molar-refractivity contribution is 9.09. The molecule has 0 bridgehead atoms. The summed E-state index contributed by atoms with van der Waals surface area (Å²) in [6.45, 7) is 8.71. The summed E-state index contributed by atoms with van der Waals surface area (Å²) in [5, 5.41) is 12.1. The molecule has 42 heavy (non-hydrogen) atoms. The van der Waals surface area contributed by atoms with Crippen molar-refractivity contribution in [3.05, 3.63) is 64.8 Å². The second-order valence-electron chi connectivity index (χ2n) is 9.29. The first kappa shape index (κ1) is 30.5. The van der Waals surface area contributed by atoms with E-state index in [4.69, 9.17) is 15.2 Å². The molecule has 0 spiro atoms. The number of aryl methyl sites for hydroxylation is 4. The molecule has 4 rings (SSSR count). The number of anilines is 1. The Morgan fingerprint density at radius 3 is 2.29 bits per heavy atom. The molecule has 1 aromatic carbocycles. The van der Waals surface area contributed by atoms with Crippen molar-refractivity contribution >= 4 is 50.7 Å². The van der Waals surface area contributed by atoms with Gasteiger partial charge >= 0.3 is 5.97 Å². The third-order valence-corrected chi connectivity index (χ3v) is 6.65. The number of amides is 2. The maximum atomic E-state index is 13.3. The summed E-state index contributed by atoms with van der Waals surface area (Å²) < 4.78 is 16.4. The molecule has 0 aliphatic heterocycles. The molecule has 0 aliphatic rings. The average Bonchev–Trinajstić information content (AvgIpc) is 3.64. The quantitative estimate of drug-likeness (QED) is 0.0969. The van der Waals surface area contributed by atoms with Gasteiger partial charge in [-0.25, -0.2) is 9.78 Å². The molecule has 0 saturated carbocycles. The lowest BCUT2D eigenvalue weighted by molar-refractivity contribution is 0.0437. The molecular weight excluding hydrogens is 608 g/mol. The number of hydrogen-bond donors (Lipinski definition) is 2. The van der Waals surface area contributed by atoms with Gasteiger partial charge in [-0.2, -0.15) is 10.2 Å². The summed E-state index contributed by atoms with van der Waals surface area (Å²) in [6, 6.07) is 6.41. The van der Waals surface area contributed by atoms with Gasteiger partial charge in [0, 0.05) is 30.5 Å². The molecule has 0 unspecified atom stereocenters. The monoisotopic (exact) mass is 640 g/mol. The predicted molar refractivity (Wildman–Crippen MR) is 160 cm³/mol. The predicted octanol–water partition coefficient (Wildman–Crippen LogP) is 3.62. The van der Waals surface area contributed by atoms with Crippen molar-refractivity contribution in [3.63, 3.8) is 0 Å². The Morgan fingerprint density at radius 2 is 1.64 bits per heavy atom. The lowest BCUT2D eigenvalue weighted by Gasteiger charge is -2.13. The topological polar surface area (TPSA) is 161 Å². The fourth-order valence-corrected chi connectivity index (χ4v) is 4.71. The van der Waals surface area contributed by atoms with E-state index >= 15 is 0 Å². The third-order valence-electron chi connectivity index (χ3n) is 6.28. The summed E-state index contributed by atoms with van der Waals surface area (Å²) in [4.78, 5) is 42.6. The molecule has 0 atom stereocenters. The van der Waals surface area contributed by atoms with E-state index in [2.05, 4.69) is 36.4 Å². The van der Waals surface area contributed by atoms with Gasteiger partial charge < -0.3 is 19.8 Å². The minimum atomic E-state index is -0.669. The van der Waals surface area contributed by atoms with E-state index in [9.17, 15) is 14.4 Å². The Balaban J connectivity index is 1.64. The molecule has 3 heterocycles. The van der Waals surface area contributed by atoms with Crippen LogP contribution in [0.5, 0.6) is 5.75 Å². The smallest absolute Gasteiger partial charge is 0.356 e. The minimum absolute atomic E-state index is 0.0125. The number of carbonyl (C=O) groups excluding carboxylic acids is 3. The Labute approximate surface area is 250 Å². The van der Waals surface area contributed by atoms with Crippen molar-refractivity contribution in [3.8, 4) is 5.75 Å². The SMILES string of the molecule is CCn1nc(C)cc1C(=O)Nc1nc2cc(C(N)=O)cc(OCCOC(=O)c3cc(C)nn3CC)c2n1CC=CCBr. The van der Waals surface area contributed by atoms with Crippen LogP contribution >= 0.6 is 15.9 Å². The van der Waals surface area contributed by atoms with E-state index in [0.29, 0.717) is 64.5 Å². The molecule has 0 aliphatic carbocycles. The number of rotatable bonds is 13. The number of nitrogens with one attached hydrogen (secondary N) is 1. The van der Waals surface area contributed by atoms with Crippen LogP contribution in [0.25, 0.3) is 11.0 Å². The highest BCUT2D eigenvalue weighted by atomic mass is 79.9. The van der Waals surface area contributed by atoms with Crippen LogP contribution in [-0.2, 0) is 24.4 Å². The van der Waals surface area contributed by atoms with Crippen LogP contribution in [0, 0.1) is 13.8 Å². The molecule has 3 aromatic heterocycles. The van der Waals surface area contributed by atoms with Gasteiger partial charge in [0.05, 0.1) is 16.9 Å². The van der Waals surface area contributed by atoms with Gasteiger partial charge in [0.25, 0.3) is 5.91 Å². The fourth-order valence-electron chi connectivity index (χ4n) is 4.44.